The number of aryl methyl sites for hydroxylation is 1. The molecule has 0 spiro atoms. The van der Waals surface area contributed by atoms with E-state index in [4.69, 9.17) is 4.74 Å². The molecular weight excluding hydrogens is 340 g/mol. The molecule has 1 aliphatic rings. The molecular formula is C22H28N2O3. The van der Waals surface area contributed by atoms with Crippen LogP contribution in [-0.4, -0.2) is 10.5 Å². The highest BCUT2D eigenvalue weighted by atomic mass is 16.5. The maximum absolute atomic E-state index is 12.3. The number of nitrogens with one attached hydrogen (secondary N) is 1. The summed E-state index contributed by atoms with van der Waals surface area (Å²) in [5, 5.41) is 2.95. The van der Waals surface area contributed by atoms with E-state index in [1.165, 1.54) is 19.3 Å². The molecule has 0 saturated heterocycles. The zero-order valence-electron chi connectivity index (χ0n) is 15.9. The second kappa shape index (κ2) is 9.40. The predicted octanol–water partition coefficient (Wildman–Crippen LogP) is 3.55. The average Bonchev–Trinajstić information content (AvgIpc) is 2.69. The number of benzene rings is 1. The monoisotopic (exact) mass is 368 g/mol. The second-order valence-corrected chi connectivity index (χ2v) is 7.36. The highest BCUT2D eigenvalue weighted by Gasteiger charge is 2.17. The molecule has 1 fully saturated rings. The lowest BCUT2D eigenvalue weighted by Gasteiger charge is -2.21. The number of pyridine rings is 1. The van der Waals surface area contributed by atoms with E-state index in [1.54, 1.807) is 12.3 Å². The van der Waals surface area contributed by atoms with E-state index >= 15 is 0 Å². The summed E-state index contributed by atoms with van der Waals surface area (Å²) in [4.78, 5) is 24.5. The Labute approximate surface area is 160 Å². The third-order valence-corrected chi connectivity index (χ3v) is 5.21. The van der Waals surface area contributed by atoms with Crippen molar-refractivity contribution in [3.63, 3.8) is 0 Å². The molecule has 2 aromatic rings. The van der Waals surface area contributed by atoms with Crippen molar-refractivity contribution < 1.29 is 9.53 Å². The Morgan fingerprint density at radius 1 is 1.19 bits per heavy atom. The number of hydrogen-bond donors (Lipinski definition) is 1. The minimum Gasteiger partial charge on any atom is -0.483 e. The van der Waals surface area contributed by atoms with Gasteiger partial charge in [-0.15, -0.1) is 0 Å². The van der Waals surface area contributed by atoms with Gasteiger partial charge in [-0.05, 0) is 24.3 Å². The standard InChI is InChI=1S/C22H28N2O3/c1-24-15-21(27-16-18-10-6-3-7-11-18)20(25)13-19(24)14-23-22(26)12-17-8-4-2-5-9-17/h3,6-7,10-11,13,15,17H,2,4-5,8-9,12,14,16H2,1H3,(H,23,26). The van der Waals surface area contributed by atoms with Crippen molar-refractivity contribution in [2.45, 2.75) is 51.7 Å². The molecule has 1 N–H and O–H groups in total. The Morgan fingerprint density at radius 3 is 2.67 bits per heavy atom. The van der Waals surface area contributed by atoms with Crippen LogP contribution in [0, 0.1) is 5.92 Å². The van der Waals surface area contributed by atoms with Crippen molar-refractivity contribution in [3.05, 3.63) is 64.1 Å². The largest absolute Gasteiger partial charge is 0.483 e. The summed E-state index contributed by atoms with van der Waals surface area (Å²) in [5.41, 5.74) is 1.61. The van der Waals surface area contributed by atoms with E-state index in [1.807, 2.05) is 41.9 Å². The summed E-state index contributed by atoms with van der Waals surface area (Å²) in [7, 11) is 1.86. The van der Waals surface area contributed by atoms with Gasteiger partial charge in [0.25, 0.3) is 0 Å². The van der Waals surface area contributed by atoms with Gasteiger partial charge in [0.15, 0.2) is 5.75 Å². The number of nitrogens with zero attached hydrogens (tertiary/aromatic N) is 1. The fourth-order valence-corrected chi connectivity index (χ4v) is 3.58. The Hall–Kier alpha value is -2.56. The van der Waals surface area contributed by atoms with Crippen molar-refractivity contribution in [3.8, 4) is 5.75 Å². The molecule has 5 heteroatoms. The highest BCUT2D eigenvalue weighted by Crippen LogP contribution is 2.26. The summed E-state index contributed by atoms with van der Waals surface area (Å²) >= 11 is 0. The number of aromatic nitrogens is 1. The molecule has 0 radical (unpaired) electrons. The molecule has 0 bridgehead atoms. The minimum atomic E-state index is -0.166. The molecule has 1 aliphatic carbocycles. The maximum Gasteiger partial charge on any atom is 0.223 e. The van der Waals surface area contributed by atoms with Crippen molar-refractivity contribution in [1.29, 1.82) is 0 Å². The first-order valence-corrected chi connectivity index (χ1v) is 9.75. The normalized spacial score (nSPS) is 14.7. The van der Waals surface area contributed by atoms with Gasteiger partial charge in [-0.2, -0.15) is 0 Å². The van der Waals surface area contributed by atoms with Crippen LogP contribution >= 0.6 is 0 Å². The maximum atomic E-state index is 12.3. The van der Waals surface area contributed by atoms with E-state index in [9.17, 15) is 9.59 Å². The van der Waals surface area contributed by atoms with Gasteiger partial charge in [-0.3, -0.25) is 9.59 Å². The Kier molecular flexibility index (Phi) is 6.69. The Morgan fingerprint density at radius 2 is 1.93 bits per heavy atom. The molecule has 1 saturated carbocycles. The lowest BCUT2D eigenvalue weighted by molar-refractivity contribution is -0.122. The molecule has 0 aliphatic heterocycles. The fourth-order valence-electron chi connectivity index (χ4n) is 3.58. The first-order chi connectivity index (χ1) is 13.1. The van der Waals surface area contributed by atoms with Gasteiger partial charge in [0.1, 0.15) is 6.61 Å². The van der Waals surface area contributed by atoms with Crippen LogP contribution in [0.15, 0.2) is 47.4 Å². The quantitative estimate of drug-likeness (QED) is 0.813. The van der Waals surface area contributed by atoms with Crippen LogP contribution in [0.1, 0.15) is 49.8 Å². The van der Waals surface area contributed by atoms with E-state index < -0.39 is 0 Å². The summed E-state index contributed by atoms with van der Waals surface area (Å²) < 4.78 is 7.50. The van der Waals surface area contributed by atoms with E-state index in [2.05, 4.69) is 5.32 Å². The third kappa shape index (κ3) is 5.71. The molecule has 1 heterocycles. The molecule has 1 amide bonds. The molecule has 1 aromatic carbocycles. The van der Waals surface area contributed by atoms with Crippen LogP contribution in [0.4, 0.5) is 0 Å². The highest BCUT2D eigenvalue weighted by molar-refractivity contribution is 5.76. The van der Waals surface area contributed by atoms with Crippen LogP contribution in [0.3, 0.4) is 0 Å². The summed E-state index contributed by atoms with van der Waals surface area (Å²) in [6.07, 6.45) is 8.34. The van der Waals surface area contributed by atoms with Gasteiger partial charge < -0.3 is 14.6 Å². The van der Waals surface area contributed by atoms with Gasteiger partial charge in [0.05, 0.1) is 12.7 Å². The van der Waals surface area contributed by atoms with Crippen LogP contribution < -0.4 is 15.5 Å². The number of ether oxygens (including phenoxy) is 1. The van der Waals surface area contributed by atoms with Crippen molar-refractivity contribution in [1.82, 2.24) is 9.88 Å². The minimum absolute atomic E-state index is 0.0683. The molecule has 0 atom stereocenters. The van der Waals surface area contributed by atoms with Gasteiger partial charge in [0.2, 0.25) is 11.3 Å². The van der Waals surface area contributed by atoms with E-state index in [0.29, 0.717) is 31.2 Å². The molecule has 3 rings (SSSR count). The number of rotatable bonds is 7. The van der Waals surface area contributed by atoms with E-state index in [0.717, 1.165) is 24.1 Å². The van der Waals surface area contributed by atoms with Gasteiger partial charge in [0, 0.05) is 25.2 Å². The van der Waals surface area contributed by atoms with Crippen LogP contribution in [0.5, 0.6) is 5.75 Å². The summed E-state index contributed by atoms with van der Waals surface area (Å²) in [5.74, 6) is 0.897. The predicted molar refractivity (Wildman–Crippen MR) is 105 cm³/mol. The zero-order chi connectivity index (χ0) is 19.1. The molecule has 27 heavy (non-hydrogen) atoms. The van der Waals surface area contributed by atoms with Crippen molar-refractivity contribution in [2.75, 3.05) is 0 Å². The first kappa shape index (κ1) is 19.2. The average molecular weight is 368 g/mol. The summed E-state index contributed by atoms with van der Waals surface area (Å²) in [6, 6.07) is 11.3. The number of amides is 1. The fraction of sp³-hybridized carbons (Fsp3) is 0.455. The smallest absolute Gasteiger partial charge is 0.223 e. The SMILES string of the molecule is Cn1cc(OCc2ccccc2)c(=O)cc1CNC(=O)CC1CCCCC1. The Bertz CT molecular complexity index is 808. The number of carbonyl (C=O) groups excluding carboxylic acids is 1. The summed E-state index contributed by atoms with van der Waals surface area (Å²) in [6.45, 7) is 0.712. The van der Waals surface area contributed by atoms with Gasteiger partial charge in [-0.25, -0.2) is 0 Å². The third-order valence-electron chi connectivity index (χ3n) is 5.21. The Balaban J connectivity index is 1.54. The van der Waals surface area contributed by atoms with Crippen LogP contribution in [-0.2, 0) is 25.0 Å². The topological polar surface area (TPSA) is 60.3 Å². The molecule has 144 valence electrons. The van der Waals surface area contributed by atoms with Gasteiger partial charge in [-0.1, -0.05) is 49.6 Å². The van der Waals surface area contributed by atoms with Crippen LogP contribution in [0.2, 0.25) is 0 Å². The lowest BCUT2D eigenvalue weighted by atomic mass is 9.87. The number of hydrogen-bond acceptors (Lipinski definition) is 3. The number of carbonyl (C=O) groups is 1. The first-order valence-electron chi connectivity index (χ1n) is 9.75. The van der Waals surface area contributed by atoms with Crippen molar-refractivity contribution in [2.24, 2.45) is 13.0 Å². The molecule has 0 unspecified atom stereocenters. The molecule has 5 nitrogen and oxygen atoms in total. The van der Waals surface area contributed by atoms with Gasteiger partial charge >= 0.3 is 0 Å². The van der Waals surface area contributed by atoms with Crippen molar-refractivity contribution >= 4 is 5.91 Å². The van der Waals surface area contributed by atoms with Crippen LogP contribution in [0.25, 0.3) is 0 Å². The zero-order valence-corrected chi connectivity index (χ0v) is 15.9. The lowest BCUT2D eigenvalue weighted by Crippen LogP contribution is -2.28. The molecule has 1 aromatic heterocycles. The van der Waals surface area contributed by atoms with E-state index in [-0.39, 0.29) is 11.3 Å². The second-order valence-electron chi connectivity index (χ2n) is 7.36.